The topological polar surface area (TPSA) is 101 Å². The van der Waals surface area contributed by atoms with Crippen molar-refractivity contribution in [2.45, 2.75) is 36.6 Å². The van der Waals surface area contributed by atoms with Crippen molar-refractivity contribution in [2.75, 3.05) is 41.9 Å². The van der Waals surface area contributed by atoms with Crippen molar-refractivity contribution in [3.8, 4) is 0 Å². The average Bonchev–Trinajstić information content (AvgIpc) is 2.66. The van der Waals surface area contributed by atoms with Crippen LogP contribution in [0.15, 0.2) is 34.2 Å². The molecule has 170 valence electrons. The van der Waals surface area contributed by atoms with Gasteiger partial charge in [-0.05, 0) is 31.0 Å². The highest BCUT2D eigenvalue weighted by Gasteiger charge is 2.32. The van der Waals surface area contributed by atoms with Gasteiger partial charge in [0.2, 0.25) is 5.95 Å². The Morgan fingerprint density at radius 2 is 1.71 bits per heavy atom. The van der Waals surface area contributed by atoms with Crippen molar-refractivity contribution in [1.29, 1.82) is 0 Å². The van der Waals surface area contributed by atoms with E-state index in [1.807, 2.05) is 9.80 Å². The van der Waals surface area contributed by atoms with Gasteiger partial charge in [-0.3, -0.25) is 0 Å². The molecular formula is C20H27FN4O4S2. The molecule has 1 saturated heterocycles. The second kappa shape index (κ2) is 8.34. The van der Waals surface area contributed by atoms with Gasteiger partial charge in [-0.15, -0.1) is 0 Å². The number of hydrogen-bond donors (Lipinski definition) is 0. The van der Waals surface area contributed by atoms with E-state index in [0.717, 1.165) is 12.5 Å². The molecule has 1 aromatic heterocycles. The van der Waals surface area contributed by atoms with E-state index in [4.69, 9.17) is 0 Å². The third-order valence-corrected chi connectivity index (χ3v) is 7.76. The third kappa shape index (κ3) is 4.98. The molecule has 1 aliphatic rings. The lowest BCUT2D eigenvalue weighted by atomic mass is 9.99. The predicted octanol–water partition coefficient (Wildman–Crippen LogP) is 2.08. The molecule has 8 nitrogen and oxygen atoms in total. The van der Waals surface area contributed by atoms with Crippen molar-refractivity contribution < 1.29 is 21.2 Å². The normalized spacial score (nSPS) is 18.0. The van der Waals surface area contributed by atoms with Crippen molar-refractivity contribution in [1.82, 2.24) is 9.97 Å². The van der Waals surface area contributed by atoms with Crippen LogP contribution in [-0.2, 0) is 19.7 Å². The first-order valence-corrected chi connectivity index (χ1v) is 13.6. The Balaban J connectivity index is 1.91. The van der Waals surface area contributed by atoms with Gasteiger partial charge in [0.05, 0.1) is 17.9 Å². The zero-order chi connectivity index (χ0) is 23.1. The van der Waals surface area contributed by atoms with Gasteiger partial charge in [0.25, 0.3) is 0 Å². The number of piperazine rings is 1. The monoisotopic (exact) mass is 470 g/mol. The van der Waals surface area contributed by atoms with Crippen LogP contribution < -0.4 is 9.80 Å². The molecule has 31 heavy (non-hydrogen) atoms. The summed E-state index contributed by atoms with van der Waals surface area (Å²) >= 11 is 0. The Hall–Kier alpha value is -2.27. The van der Waals surface area contributed by atoms with E-state index in [1.54, 1.807) is 13.0 Å². The first-order valence-electron chi connectivity index (χ1n) is 9.84. The van der Waals surface area contributed by atoms with Crippen molar-refractivity contribution in [3.05, 3.63) is 35.9 Å². The summed E-state index contributed by atoms with van der Waals surface area (Å²) in [5.41, 5.74) is 1.03. The SMILES string of the molecule is Cc1nc(N2CCN(c3ccc(F)c(S(C)(=O)=O)c3)C[C@H]2C(C)C)ncc1S(C)(=O)=O. The fourth-order valence-electron chi connectivity index (χ4n) is 3.78. The van der Waals surface area contributed by atoms with Crippen LogP contribution >= 0.6 is 0 Å². The smallest absolute Gasteiger partial charge is 0.225 e. The van der Waals surface area contributed by atoms with Crippen molar-refractivity contribution in [2.24, 2.45) is 5.92 Å². The largest absolute Gasteiger partial charge is 0.368 e. The van der Waals surface area contributed by atoms with Gasteiger partial charge in [-0.1, -0.05) is 13.8 Å². The zero-order valence-corrected chi connectivity index (χ0v) is 19.8. The van der Waals surface area contributed by atoms with E-state index < -0.39 is 25.5 Å². The van der Waals surface area contributed by atoms with Crippen molar-refractivity contribution in [3.63, 3.8) is 0 Å². The first-order chi connectivity index (χ1) is 14.3. The number of sulfone groups is 2. The molecular weight excluding hydrogens is 443 g/mol. The Kier molecular flexibility index (Phi) is 6.30. The lowest BCUT2D eigenvalue weighted by Gasteiger charge is -2.44. The minimum Gasteiger partial charge on any atom is -0.368 e. The second-order valence-corrected chi connectivity index (χ2v) is 12.2. The van der Waals surface area contributed by atoms with Crippen LogP contribution in [0, 0.1) is 18.7 Å². The summed E-state index contributed by atoms with van der Waals surface area (Å²) in [5.74, 6) is -0.101. The fourth-order valence-corrected chi connectivity index (χ4v) is 5.37. The molecule has 1 aromatic carbocycles. The van der Waals surface area contributed by atoms with Gasteiger partial charge in [0, 0.05) is 37.8 Å². The fraction of sp³-hybridized carbons (Fsp3) is 0.500. The highest BCUT2D eigenvalue weighted by molar-refractivity contribution is 7.91. The maximum atomic E-state index is 14.0. The van der Waals surface area contributed by atoms with Gasteiger partial charge in [-0.2, -0.15) is 0 Å². The van der Waals surface area contributed by atoms with Gasteiger partial charge < -0.3 is 9.80 Å². The number of benzene rings is 1. The van der Waals surface area contributed by atoms with Gasteiger partial charge >= 0.3 is 0 Å². The molecule has 1 fully saturated rings. The highest BCUT2D eigenvalue weighted by Crippen LogP contribution is 2.28. The number of aryl methyl sites for hydroxylation is 1. The Morgan fingerprint density at radius 1 is 1.06 bits per heavy atom. The minimum atomic E-state index is -3.68. The molecule has 1 atom stereocenters. The molecule has 1 aliphatic heterocycles. The van der Waals surface area contributed by atoms with E-state index in [9.17, 15) is 21.2 Å². The average molecular weight is 471 g/mol. The molecule has 0 amide bonds. The molecule has 0 bridgehead atoms. The number of rotatable bonds is 5. The maximum Gasteiger partial charge on any atom is 0.225 e. The molecule has 0 aliphatic carbocycles. The van der Waals surface area contributed by atoms with Crippen molar-refractivity contribution >= 4 is 31.3 Å². The Morgan fingerprint density at radius 3 is 2.26 bits per heavy atom. The van der Waals surface area contributed by atoms with E-state index >= 15 is 0 Å². The van der Waals surface area contributed by atoms with E-state index in [1.165, 1.54) is 18.3 Å². The van der Waals surface area contributed by atoms with Gasteiger partial charge in [-0.25, -0.2) is 31.2 Å². The van der Waals surface area contributed by atoms with E-state index in [2.05, 4.69) is 23.8 Å². The van der Waals surface area contributed by atoms with E-state index in [0.29, 0.717) is 37.0 Å². The lowest BCUT2D eigenvalue weighted by molar-refractivity contribution is 0.412. The highest BCUT2D eigenvalue weighted by atomic mass is 32.2. The molecule has 2 heterocycles. The second-order valence-electron chi connectivity index (χ2n) is 8.23. The summed E-state index contributed by atoms with van der Waals surface area (Å²) in [6.07, 6.45) is 3.46. The molecule has 0 saturated carbocycles. The number of halogens is 1. The van der Waals surface area contributed by atoms with Crippen LogP contribution in [0.1, 0.15) is 19.5 Å². The van der Waals surface area contributed by atoms with Crippen LogP contribution in [0.25, 0.3) is 0 Å². The molecule has 0 radical (unpaired) electrons. The summed E-state index contributed by atoms with van der Waals surface area (Å²) < 4.78 is 61.5. The third-order valence-electron chi connectivity index (χ3n) is 5.45. The summed E-state index contributed by atoms with van der Waals surface area (Å²) in [4.78, 5) is 12.6. The summed E-state index contributed by atoms with van der Waals surface area (Å²) in [6.45, 7) is 7.42. The summed E-state index contributed by atoms with van der Waals surface area (Å²) in [7, 11) is -7.09. The molecule has 0 unspecified atom stereocenters. The zero-order valence-electron chi connectivity index (χ0n) is 18.2. The standard InChI is InChI=1S/C20H27FN4O4S2/c1-13(2)17-12-24(15-6-7-16(21)18(10-15)30(4,26)27)8-9-25(17)20-22-11-19(14(3)23-20)31(5,28)29/h6-7,10-11,13,17H,8-9,12H2,1-5H3/t17-/m0/s1. The lowest BCUT2D eigenvalue weighted by Crippen LogP contribution is -2.56. The molecule has 0 spiro atoms. The number of hydrogen-bond acceptors (Lipinski definition) is 8. The Bertz CT molecular complexity index is 1200. The summed E-state index contributed by atoms with van der Waals surface area (Å²) in [6, 6.07) is 4.13. The van der Waals surface area contributed by atoms with Gasteiger partial charge in [0.15, 0.2) is 19.7 Å². The van der Waals surface area contributed by atoms with Crippen LogP contribution in [0.3, 0.4) is 0 Å². The van der Waals surface area contributed by atoms with Crippen LogP contribution in [0.4, 0.5) is 16.0 Å². The number of aromatic nitrogens is 2. The van der Waals surface area contributed by atoms with E-state index in [-0.39, 0.29) is 21.8 Å². The Labute approximate surface area is 183 Å². The number of nitrogens with zero attached hydrogens (tertiary/aromatic N) is 4. The molecule has 0 N–H and O–H groups in total. The molecule has 3 rings (SSSR count). The molecule has 11 heteroatoms. The maximum absolute atomic E-state index is 14.0. The number of anilines is 2. The van der Waals surface area contributed by atoms with Crippen LogP contribution in [-0.4, -0.2) is 65.0 Å². The van der Waals surface area contributed by atoms with Gasteiger partial charge in [0.1, 0.15) is 15.6 Å². The first kappa shape index (κ1) is 23.4. The minimum absolute atomic E-state index is 0.0102. The predicted molar refractivity (Wildman–Crippen MR) is 118 cm³/mol. The van der Waals surface area contributed by atoms with Crippen LogP contribution in [0.2, 0.25) is 0 Å². The quantitative estimate of drug-likeness (QED) is 0.655. The summed E-state index contributed by atoms with van der Waals surface area (Å²) in [5, 5.41) is 0. The van der Waals surface area contributed by atoms with Crippen LogP contribution in [0.5, 0.6) is 0 Å². The molecule has 2 aromatic rings.